The van der Waals surface area contributed by atoms with E-state index in [0.29, 0.717) is 24.8 Å². The zero-order valence-corrected chi connectivity index (χ0v) is 15.5. The molecular weight excluding hydrogens is 316 g/mol. The van der Waals surface area contributed by atoms with Crippen LogP contribution in [0.15, 0.2) is 24.4 Å². The van der Waals surface area contributed by atoms with Gasteiger partial charge in [-0.15, -0.1) is 0 Å². The van der Waals surface area contributed by atoms with E-state index < -0.39 is 0 Å². The van der Waals surface area contributed by atoms with Gasteiger partial charge < -0.3 is 15.5 Å². The van der Waals surface area contributed by atoms with Gasteiger partial charge in [0.05, 0.1) is 6.54 Å². The Morgan fingerprint density at radius 1 is 1.28 bits per heavy atom. The minimum absolute atomic E-state index is 0.0151. The normalized spacial score (nSPS) is 22.9. The number of carbonyl (C=O) groups excluding carboxylic acids is 2. The summed E-state index contributed by atoms with van der Waals surface area (Å²) in [6, 6.07) is 5.69. The number of rotatable bonds is 6. The van der Waals surface area contributed by atoms with E-state index in [1.807, 2.05) is 18.2 Å². The van der Waals surface area contributed by atoms with Crippen molar-refractivity contribution in [3.05, 3.63) is 30.1 Å². The van der Waals surface area contributed by atoms with Crippen molar-refractivity contribution in [2.45, 2.75) is 45.6 Å². The number of nitrogens with one attached hydrogen (secondary N) is 2. The number of nitrogens with zero attached hydrogens (tertiary/aromatic N) is 2. The van der Waals surface area contributed by atoms with Crippen molar-refractivity contribution < 1.29 is 9.59 Å². The third-order valence-electron chi connectivity index (χ3n) is 5.28. The molecule has 6 nitrogen and oxygen atoms in total. The first-order chi connectivity index (χ1) is 12.0. The topological polar surface area (TPSA) is 74.3 Å². The van der Waals surface area contributed by atoms with E-state index in [9.17, 15) is 9.59 Å². The molecule has 138 valence electrons. The number of aromatic nitrogens is 1. The number of urea groups is 1. The summed E-state index contributed by atoms with van der Waals surface area (Å²) in [5.74, 6) is 0.991. The van der Waals surface area contributed by atoms with Gasteiger partial charge in [-0.2, -0.15) is 0 Å². The third-order valence-corrected chi connectivity index (χ3v) is 5.28. The largest absolute Gasteiger partial charge is 0.344 e. The summed E-state index contributed by atoms with van der Waals surface area (Å²) >= 11 is 0. The molecule has 25 heavy (non-hydrogen) atoms. The van der Waals surface area contributed by atoms with Gasteiger partial charge >= 0.3 is 6.03 Å². The van der Waals surface area contributed by atoms with Crippen molar-refractivity contribution >= 4 is 11.9 Å². The first-order valence-electron chi connectivity index (χ1n) is 9.15. The van der Waals surface area contributed by atoms with Gasteiger partial charge in [0, 0.05) is 37.9 Å². The molecule has 1 aliphatic carbocycles. The molecule has 1 heterocycles. The van der Waals surface area contributed by atoms with Gasteiger partial charge in [0.15, 0.2) is 0 Å². The summed E-state index contributed by atoms with van der Waals surface area (Å²) in [7, 11) is 1.75. The van der Waals surface area contributed by atoms with Gasteiger partial charge in [-0.3, -0.25) is 9.78 Å². The Labute approximate surface area is 150 Å². The van der Waals surface area contributed by atoms with Crippen molar-refractivity contribution in [1.29, 1.82) is 0 Å². The Bertz CT molecular complexity index is 564. The van der Waals surface area contributed by atoms with Crippen molar-refractivity contribution in [2.24, 2.45) is 11.8 Å². The molecule has 2 N–H and O–H groups in total. The average molecular weight is 346 g/mol. The van der Waals surface area contributed by atoms with Gasteiger partial charge in [-0.25, -0.2) is 4.79 Å². The van der Waals surface area contributed by atoms with Gasteiger partial charge in [-0.1, -0.05) is 32.8 Å². The van der Waals surface area contributed by atoms with Crippen LogP contribution in [0, 0.1) is 11.8 Å². The molecule has 0 saturated heterocycles. The highest BCUT2D eigenvalue weighted by Crippen LogP contribution is 2.29. The Morgan fingerprint density at radius 2 is 2.08 bits per heavy atom. The Hall–Kier alpha value is -2.11. The minimum Gasteiger partial charge on any atom is -0.344 e. The Kier molecular flexibility index (Phi) is 7.22. The van der Waals surface area contributed by atoms with Gasteiger partial charge in [0.25, 0.3) is 0 Å². The Morgan fingerprint density at radius 3 is 2.80 bits per heavy atom. The highest BCUT2D eigenvalue weighted by atomic mass is 16.2. The van der Waals surface area contributed by atoms with E-state index in [0.717, 1.165) is 18.5 Å². The second-order valence-corrected chi connectivity index (χ2v) is 7.09. The van der Waals surface area contributed by atoms with Crippen LogP contribution in [0.1, 0.15) is 38.8 Å². The molecule has 6 heteroatoms. The summed E-state index contributed by atoms with van der Waals surface area (Å²) in [6.07, 6.45) is 5.83. The van der Waals surface area contributed by atoms with E-state index >= 15 is 0 Å². The second-order valence-electron chi connectivity index (χ2n) is 7.09. The predicted octanol–water partition coefficient (Wildman–Crippen LogP) is 2.21. The summed E-state index contributed by atoms with van der Waals surface area (Å²) < 4.78 is 0. The summed E-state index contributed by atoms with van der Waals surface area (Å²) in [4.78, 5) is 30.1. The first-order valence-corrected chi connectivity index (χ1v) is 9.15. The molecule has 1 aromatic heterocycles. The maximum Gasteiger partial charge on any atom is 0.315 e. The smallest absolute Gasteiger partial charge is 0.315 e. The number of amides is 3. The number of carbonyl (C=O) groups is 2. The maximum absolute atomic E-state index is 12.1. The van der Waals surface area contributed by atoms with E-state index in [4.69, 9.17) is 0 Å². The predicted molar refractivity (Wildman–Crippen MR) is 98.1 cm³/mol. The third kappa shape index (κ3) is 6.03. The van der Waals surface area contributed by atoms with Crippen molar-refractivity contribution in [3.63, 3.8) is 0 Å². The molecule has 1 fully saturated rings. The maximum atomic E-state index is 12.1. The molecular formula is C19H30N4O2. The molecule has 0 radical (unpaired) electrons. The summed E-state index contributed by atoms with van der Waals surface area (Å²) in [5, 5.41) is 5.71. The molecule has 0 unspecified atom stereocenters. The van der Waals surface area contributed by atoms with Crippen LogP contribution in [0.4, 0.5) is 4.79 Å². The van der Waals surface area contributed by atoms with Crippen LogP contribution in [0.2, 0.25) is 0 Å². The molecule has 0 aromatic carbocycles. The molecule has 0 spiro atoms. The fourth-order valence-electron chi connectivity index (χ4n) is 3.25. The zero-order chi connectivity index (χ0) is 18.2. The van der Waals surface area contributed by atoms with Crippen molar-refractivity contribution in [2.75, 3.05) is 20.1 Å². The SMILES string of the molecule is C[C@@H]1[C@H](C)CCC[C@H]1NC(=O)NCC(=O)N(C)CCc1ccccn1. The van der Waals surface area contributed by atoms with Crippen LogP contribution < -0.4 is 10.6 Å². The number of hydrogen-bond donors (Lipinski definition) is 2. The lowest BCUT2D eigenvalue weighted by Crippen LogP contribution is -2.49. The molecule has 3 amide bonds. The highest BCUT2D eigenvalue weighted by molar-refractivity contribution is 5.83. The van der Waals surface area contributed by atoms with Crippen LogP contribution in [-0.4, -0.2) is 48.0 Å². The fraction of sp³-hybridized carbons (Fsp3) is 0.632. The lowest BCUT2D eigenvalue weighted by molar-refractivity contribution is -0.128. The van der Waals surface area contributed by atoms with Crippen LogP contribution in [-0.2, 0) is 11.2 Å². The highest BCUT2D eigenvalue weighted by Gasteiger charge is 2.28. The van der Waals surface area contributed by atoms with Gasteiger partial charge in [0.1, 0.15) is 0 Å². The van der Waals surface area contributed by atoms with Crippen LogP contribution >= 0.6 is 0 Å². The Balaban J connectivity index is 1.68. The first kappa shape index (κ1) is 19.2. The molecule has 3 atom stereocenters. The molecule has 0 aliphatic heterocycles. The van der Waals surface area contributed by atoms with Crippen molar-refractivity contribution in [1.82, 2.24) is 20.5 Å². The molecule has 1 aliphatic rings. The van der Waals surface area contributed by atoms with E-state index in [2.05, 4.69) is 29.5 Å². The number of pyridine rings is 1. The monoisotopic (exact) mass is 346 g/mol. The quantitative estimate of drug-likeness (QED) is 0.829. The van der Waals surface area contributed by atoms with E-state index in [-0.39, 0.29) is 24.5 Å². The molecule has 1 aromatic rings. The lowest BCUT2D eigenvalue weighted by Gasteiger charge is -2.34. The standard InChI is InChI=1S/C19H30N4O2/c1-14-7-6-9-17(15(14)2)22-19(25)21-13-18(24)23(3)12-10-16-8-4-5-11-20-16/h4-5,8,11,14-15,17H,6-7,9-10,12-13H2,1-3H3,(H2,21,22,25)/t14-,15-,17-/m1/s1. The minimum atomic E-state index is -0.252. The fourth-order valence-corrected chi connectivity index (χ4v) is 3.25. The zero-order valence-electron chi connectivity index (χ0n) is 15.5. The summed E-state index contributed by atoms with van der Waals surface area (Å²) in [5.41, 5.74) is 0.952. The number of hydrogen-bond acceptors (Lipinski definition) is 3. The van der Waals surface area contributed by atoms with Crippen LogP contribution in [0.3, 0.4) is 0 Å². The summed E-state index contributed by atoms with van der Waals surface area (Å²) in [6.45, 7) is 5.01. The van der Waals surface area contributed by atoms with Gasteiger partial charge in [0.2, 0.25) is 5.91 Å². The second kappa shape index (κ2) is 9.39. The number of likely N-dealkylation sites (N-methyl/N-ethyl adjacent to an activating group) is 1. The van der Waals surface area contributed by atoms with Crippen molar-refractivity contribution in [3.8, 4) is 0 Å². The van der Waals surface area contributed by atoms with Crippen LogP contribution in [0.5, 0.6) is 0 Å². The molecule has 2 rings (SSSR count). The van der Waals surface area contributed by atoms with E-state index in [1.165, 1.54) is 6.42 Å². The van der Waals surface area contributed by atoms with Crippen LogP contribution in [0.25, 0.3) is 0 Å². The van der Waals surface area contributed by atoms with E-state index in [1.54, 1.807) is 18.1 Å². The average Bonchev–Trinajstić information content (AvgIpc) is 2.62. The molecule has 1 saturated carbocycles. The molecule has 0 bridgehead atoms. The van der Waals surface area contributed by atoms with Gasteiger partial charge in [-0.05, 0) is 30.4 Å². The lowest BCUT2D eigenvalue weighted by atomic mass is 9.78.